The number of piperidine rings is 2. The first-order valence-electron chi connectivity index (χ1n) is 13.3. The first-order valence-corrected chi connectivity index (χ1v) is 14.3. The molecular formula is C27H39N5O2S. The number of likely N-dealkylation sites (N-methyl/N-ethyl adjacent to an activating group) is 1. The molecule has 0 radical (unpaired) electrons. The van der Waals surface area contributed by atoms with Crippen LogP contribution in [-0.4, -0.2) is 102 Å². The molecular weight excluding hydrogens is 458 g/mol. The highest BCUT2D eigenvalue weighted by Crippen LogP contribution is 2.31. The van der Waals surface area contributed by atoms with Crippen LogP contribution in [0.5, 0.6) is 0 Å². The number of hydrogen-bond donors (Lipinski definition) is 1. The maximum absolute atomic E-state index is 13.8. The summed E-state index contributed by atoms with van der Waals surface area (Å²) < 4.78 is 0. The molecule has 7 nitrogen and oxygen atoms in total. The van der Waals surface area contributed by atoms with Gasteiger partial charge in [-0.2, -0.15) is 11.3 Å². The van der Waals surface area contributed by atoms with Gasteiger partial charge in [0, 0.05) is 76.0 Å². The Kier molecular flexibility index (Phi) is 8.02. The van der Waals surface area contributed by atoms with Crippen LogP contribution in [0.15, 0.2) is 29.0 Å². The molecule has 190 valence electrons. The van der Waals surface area contributed by atoms with Gasteiger partial charge >= 0.3 is 0 Å². The number of pyridine rings is 1. The van der Waals surface area contributed by atoms with Crippen LogP contribution in [-0.2, 0) is 0 Å². The van der Waals surface area contributed by atoms with Gasteiger partial charge in [0.25, 0.3) is 5.91 Å². The molecule has 0 bridgehead atoms. The van der Waals surface area contributed by atoms with E-state index >= 15 is 0 Å². The molecule has 3 fully saturated rings. The molecule has 0 saturated carbocycles. The minimum absolute atomic E-state index is 0.102. The van der Waals surface area contributed by atoms with Crippen LogP contribution in [0.2, 0.25) is 0 Å². The number of amides is 1. The van der Waals surface area contributed by atoms with Crippen LogP contribution in [0.3, 0.4) is 0 Å². The Morgan fingerprint density at radius 3 is 2.54 bits per heavy atom. The van der Waals surface area contributed by atoms with Gasteiger partial charge in [-0.05, 0) is 61.7 Å². The molecule has 1 atom stereocenters. The summed E-state index contributed by atoms with van der Waals surface area (Å²) in [4.78, 5) is 28.2. The SMILES string of the molecule is CCN1CCN(C2CCN(C(=O)c3ccc(-c4ccsc4)nc3N3CCCC(CO)C3)CC2)CC1. The first kappa shape index (κ1) is 24.7. The summed E-state index contributed by atoms with van der Waals surface area (Å²) in [6.07, 6.45) is 4.13. The van der Waals surface area contributed by atoms with E-state index in [0.29, 0.717) is 11.6 Å². The zero-order chi connectivity index (χ0) is 24.2. The third kappa shape index (κ3) is 5.56. The number of thiophene rings is 1. The average Bonchev–Trinajstić information content (AvgIpc) is 3.48. The molecule has 1 N–H and O–H groups in total. The van der Waals surface area contributed by atoms with Crippen molar-refractivity contribution in [2.75, 3.05) is 70.4 Å². The first-order chi connectivity index (χ1) is 17.2. The Morgan fingerprint density at radius 1 is 1.06 bits per heavy atom. The maximum atomic E-state index is 13.8. The third-order valence-corrected chi connectivity index (χ3v) is 8.80. The van der Waals surface area contributed by atoms with Gasteiger partial charge in [0.2, 0.25) is 0 Å². The molecule has 35 heavy (non-hydrogen) atoms. The molecule has 2 aromatic heterocycles. The Morgan fingerprint density at radius 2 is 1.86 bits per heavy atom. The Labute approximate surface area is 213 Å². The van der Waals surface area contributed by atoms with Gasteiger partial charge in [0.05, 0.1) is 11.3 Å². The van der Waals surface area contributed by atoms with Crippen molar-refractivity contribution in [3.05, 3.63) is 34.5 Å². The van der Waals surface area contributed by atoms with E-state index in [1.807, 2.05) is 17.0 Å². The number of piperazine rings is 1. The molecule has 3 aliphatic rings. The van der Waals surface area contributed by atoms with Gasteiger partial charge in [-0.3, -0.25) is 9.69 Å². The van der Waals surface area contributed by atoms with Gasteiger partial charge in [-0.15, -0.1) is 0 Å². The quantitative estimate of drug-likeness (QED) is 0.661. The fourth-order valence-corrected chi connectivity index (χ4v) is 6.53. The van der Waals surface area contributed by atoms with Crippen molar-refractivity contribution in [3.8, 4) is 11.3 Å². The number of carbonyl (C=O) groups excluding carboxylic acids is 1. The summed E-state index contributed by atoms with van der Waals surface area (Å²) >= 11 is 1.66. The van der Waals surface area contributed by atoms with Crippen molar-refractivity contribution < 1.29 is 9.90 Å². The fraction of sp³-hybridized carbons (Fsp3) is 0.630. The predicted molar refractivity (Wildman–Crippen MR) is 142 cm³/mol. The summed E-state index contributed by atoms with van der Waals surface area (Å²) in [5.41, 5.74) is 2.71. The van der Waals surface area contributed by atoms with Crippen LogP contribution in [0.25, 0.3) is 11.3 Å². The lowest BCUT2D eigenvalue weighted by molar-refractivity contribution is 0.0490. The van der Waals surface area contributed by atoms with E-state index in [-0.39, 0.29) is 18.4 Å². The molecule has 5 rings (SSSR count). The van der Waals surface area contributed by atoms with E-state index in [9.17, 15) is 9.90 Å². The number of hydrogen-bond acceptors (Lipinski definition) is 7. The molecule has 1 unspecified atom stereocenters. The van der Waals surface area contributed by atoms with Crippen molar-refractivity contribution in [2.45, 2.75) is 38.6 Å². The van der Waals surface area contributed by atoms with Crippen LogP contribution < -0.4 is 4.90 Å². The lowest BCUT2D eigenvalue weighted by Gasteiger charge is -2.42. The van der Waals surface area contributed by atoms with Crippen LogP contribution in [0.1, 0.15) is 43.0 Å². The second-order valence-corrected chi connectivity index (χ2v) is 11.0. The third-order valence-electron chi connectivity index (χ3n) is 8.12. The molecule has 3 aliphatic heterocycles. The fourth-order valence-electron chi connectivity index (χ4n) is 5.88. The number of nitrogens with zero attached hydrogens (tertiary/aromatic N) is 5. The number of likely N-dealkylation sites (tertiary alicyclic amines) is 1. The number of aromatic nitrogens is 1. The van der Waals surface area contributed by atoms with Crippen molar-refractivity contribution >= 4 is 23.1 Å². The molecule has 1 amide bonds. The van der Waals surface area contributed by atoms with E-state index in [4.69, 9.17) is 4.98 Å². The van der Waals surface area contributed by atoms with Gasteiger partial charge in [0.15, 0.2) is 0 Å². The number of aliphatic hydroxyl groups is 1. The molecule has 0 aliphatic carbocycles. The Balaban J connectivity index is 1.31. The Bertz CT molecular complexity index is 968. The van der Waals surface area contributed by atoms with Crippen molar-refractivity contribution in [1.29, 1.82) is 0 Å². The standard InChI is InChI=1S/C27H39N5O2S/c1-2-29-13-15-30(16-14-29)23-7-11-31(12-8-23)27(34)24-5-6-25(22-9-17-35-20-22)28-26(24)32-10-3-4-21(18-32)19-33/h5-6,9,17,20-21,23,33H,2-4,7-8,10-16,18-19H2,1H3. The van der Waals surface area contributed by atoms with E-state index in [1.165, 1.54) is 0 Å². The summed E-state index contributed by atoms with van der Waals surface area (Å²) in [5.74, 6) is 1.13. The number of rotatable bonds is 6. The summed E-state index contributed by atoms with van der Waals surface area (Å²) in [6.45, 7) is 11.4. The smallest absolute Gasteiger partial charge is 0.257 e. The van der Waals surface area contributed by atoms with Crippen molar-refractivity contribution in [1.82, 2.24) is 19.7 Å². The monoisotopic (exact) mass is 497 g/mol. The maximum Gasteiger partial charge on any atom is 0.257 e. The van der Waals surface area contributed by atoms with Crippen LogP contribution in [0.4, 0.5) is 5.82 Å². The number of aliphatic hydroxyl groups excluding tert-OH is 1. The van der Waals surface area contributed by atoms with Gasteiger partial charge in [-0.25, -0.2) is 4.98 Å². The van der Waals surface area contributed by atoms with E-state index in [2.05, 4.69) is 38.4 Å². The summed E-state index contributed by atoms with van der Waals surface area (Å²) in [6, 6.07) is 6.64. The summed E-state index contributed by atoms with van der Waals surface area (Å²) in [7, 11) is 0. The normalized spacial score (nSPS) is 23.1. The van der Waals surface area contributed by atoms with Gasteiger partial charge in [-0.1, -0.05) is 6.92 Å². The molecule has 2 aromatic rings. The zero-order valence-electron chi connectivity index (χ0n) is 20.9. The van der Waals surface area contributed by atoms with Crippen LogP contribution in [0, 0.1) is 5.92 Å². The topological polar surface area (TPSA) is 63.2 Å². The largest absolute Gasteiger partial charge is 0.396 e. The molecule has 0 spiro atoms. The van der Waals surface area contributed by atoms with E-state index in [1.54, 1.807) is 11.3 Å². The summed E-state index contributed by atoms with van der Waals surface area (Å²) in [5, 5.41) is 13.9. The van der Waals surface area contributed by atoms with E-state index in [0.717, 1.165) is 102 Å². The van der Waals surface area contributed by atoms with Gasteiger partial charge < -0.3 is 19.8 Å². The molecule has 0 aromatic carbocycles. The minimum Gasteiger partial charge on any atom is -0.396 e. The lowest BCUT2D eigenvalue weighted by atomic mass is 9.98. The van der Waals surface area contributed by atoms with Crippen molar-refractivity contribution in [2.24, 2.45) is 5.92 Å². The molecule has 5 heterocycles. The highest BCUT2D eigenvalue weighted by molar-refractivity contribution is 7.08. The second kappa shape index (κ2) is 11.4. The molecule has 3 saturated heterocycles. The zero-order valence-corrected chi connectivity index (χ0v) is 21.8. The highest BCUT2D eigenvalue weighted by Gasteiger charge is 2.32. The van der Waals surface area contributed by atoms with Gasteiger partial charge in [0.1, 0.15) is 5.82 Å². The number of carbonyl (C=O) groups is 1. The minimum atomic E-state index is 0.102. The second-order valence-electron chi connectivity index (χ2n) is 10.2. The predicted octanol–water partition coefficient (Wildman–Crippen LogP) is 3.26. The van der Waals surface area contributed by atoms with Crippen molar-refractivity contribution in [3.63, 3.8) is 0 Å². The number of anilines is 1. The molecule has 8 heteroatoms. The highest BCUT2D eigenvalue weighted by atomic mass is 32.1. The van der Waals surface area contributed by atoms with Crippen LogP contribution >= 0.6 is 11.3 Å². The Hall–Kier alpha value is -2.00. The lowest BCUT2D eigenvalue weighted by Crippen LogP contribution is -2.53. The average molecular weight is 498 g/mol. The van der Waals surface area contributed by atoms with E-state index < -0.39 is 0 Å².